The van der Waals surface area contributed by atoms with Crippen molar-refractivity contribution in [2.75, 3.05) is 0 Å². The van der Waals surface area contributed by atoms with E-state index >= 15 is 0 Å². The fourth-order valence-electron chi connectivity index (χ4n) is 1.70. The molecule has 0 bridgehead atoms. The molecule has 1 N–H and O–H groups in total. The van der Waals surface area contributed by atoms with E-state index < -0.39 is 0 Å². The molecular formula is C13H13Br2N3OS. The number of thiazole rings is 1. The van der Waals surface area contributed by atoms with Crippen molar-refractivity contribution in [2.24, 2.45) is 10.2 Å². The van der Waals surface area contributed by atoms with Gasteiger partial charge in [0, 0.05) is 27.7 Å². The van der Waals surface area contributed by atoms with Gasteiger partial charge < -0.3 is 9.67 Å². The van der Waals surface area contributed by atoms with Gasteiger partial charge in [-0.2, -0.15) is 5.10 Å². The van der Waals surface area contributed by atoms with Crippen molar-refractivity contribution in [3.63, 3.8) is 0 Å². The molecule has 0 fully saturated rings. The second kappa shape index (κ2) is 6.69. The molecule has 106 valence electrons. The summed E-state index contributed by atoms with van der Waals surface area (Å²) in [6.07, 6.45) is 1.54. The zero-order valence-corrected chi connectivity index (χ0v) is 15.0. The van der Waals surface area contributed by atoms with Gasteiger partial charge in [-0.15, -0.1) is 16.4 Å². The number of phenolic OH excluding ortho intramolecular Hbond substituents is 1. The van der Waals surface area contributed by atoms with Crippen LogP contribution in [0.15, 0.2) is 36.7 Å². The van der Waals surface area contributed by atoms with Crippen LogP contribution >= 0.6 is 43.2 Å². The zero-order valence-electron chi connectivity index (χ0n) is 11.0. The van der Waals surface area contributed by atoms with Gasteiger partial charge >= 0.3 is 0 Å². The summed E-state index contributed by atoms with van der Waals surface area (Å²) in [6, 6.07) is 3.56. The summed E-state index contributed by atoms with van der Waals surface area (Å²) in [7, 11) is 0. The highest BCUT2D eigenvalue weighted by Gasteiger charge is 2.05. The average Bonchev–Trinajstić information content (AvgIpc) is 2.75. The Labute approximate surface area is 137 Å². The molecule has 1 aromatic carbocycles. The van der Waals surface area contributed by atoms with E-state index in [1.54, 1.807) is 29.7 Å². The van der Waals surface area contributed by atoms with Gasteiger partial charge in [0.2, 0.25) is 4.80 Å². The highest BCUT2D eigenvalue weighted by atomic mass is 79.9. The third-order valence-electron chi connectivity index (χ3n) is 2.71. The number of aryl methyl sites for hydroxylation is 1. The second-order valence-electron chi connectivity index (χ2n) is 4.07. The Morgan fingerprint density at radius 2 is 2.15 bits per heavy atom. The Hall–Kier alpha value is -0.920. The molecule has 0 saturated carbocycles. The van der Waals surface area contributed by atoms with E-state index in [4.69, 9.17) is 0 Å². The Balaban J connectivity index is 2.35. The van der Waals surface area contributed by atoms with Crippen molar-refractivity contribution in [3.05, 3.63) is 42.5 Å². The smallest absolute Gasteiger partial charge is 0.210 e. The van der Waals surface area contributed by atoms with Crippen molar-refractivity contribution >= 4 is 49.4 Å². The van der Waals surface area contributed by atoms with Gasteiger partial charge in [-0.05, 0) is 41.9 Å². The minimum absolute atomic E-state index is 0.151. The molecular weight excluding hydrogens is 406 g/mol. The molecule has 0 radical (unpaired) electrons. The van der Waals surface area contributed by atoms with Crippen LogP contribution < -0.4 is 4.80 Å². The fourth-order valence-corrected chi connectivity index (χ4v) is 3.86. The first-order chi connectivity index (χ1) is 9.52. The van der Waals surface area contributed by atoms with Crippen molar-refractivity contribution in [1.82, 2.24) is 4.57 Å². The van der Waals surface area contributed by atoms with Crippen LogP contribution in [-0.2, 0) is 6.54 Å². The highest BCUT2D eigenvalue weighted by Crippen LogP contribution is 2.30. The number of nitrogens with zero attached hydrogens (tertiary/aromatic N) is 3. The normalized spacial score (nSPS) is 12.5. The molecule has 0 aliphatic rings. The lowest BCUT2D eigenvalue weighted by molar-refractivity contribution is 0.471. The Bertz CT molecular complexity index is 719. The van der Waals surface area contributed by atoms with E-state index in [1.165, 1.54) is 5.69 Å². The number of halogens is 2. The third-order valence-corrected chi connectivity index (χ3v) is 4.74. The van der Waals surface area contributed by atoms with Crippen molar-refractivity contribution in [3.8, 4) is 5.75 Å². The van der Waals surface area contributed by atoms with Gasteiger partial charge in [-0.25, -0.2) is 0 Å². The van der Waals surface area contributed by atoms with E-state index in [0.29, 0.717) is 10.0 Å². The van der Waals surface area contributed by atoms with Gasteiger partial charge in [-0.3, -0.25) is 0 Å². The third kappa shape index (κ3) is 3.39. The molecule has 0 saturated heterocycles. The molecule has 0 aliphatic carbocycles. The molecule has 0 aliphatic heterocycles. The minimum Gasteiger partial charge on any atom is -0.506 e. The zero-order chi connectivity index (χ0) is 14.7. The summed E-state index contributed by atoms with van der Waals surface area (Å²) in [5.74, 6) is 0.151. The predicted molar refractivity (Wildman–Crippen MR) is 89.4 cm³/mol. The quantitative estimate of drug-likeness (QED) is 0.593. The number of hydrogen-bond acceptors (Lipinski definition) is 4. The Morgan fingerprint density at radius 3 is 2.85 bits per heavy atom. The standard InChI is InChI=1S/C13H13Br2N3OS/c1-3-18-8(2)7-20-13(18)17-16-6-9-4-10(14)5-11(15)12(9)19/h4-7,19H,3H2,1-2H3/b16-6+,17-13-. The molecule has 2 rings (SSSR count). The number of aromatic hydroxyl groups is 1. The summed E-state index contributed by atoms with van der Waals surface area (Å²) in [5, 5.41) is 20.2. The summed E-state index contributed by atoms with van der Waals surface area (Å²) in [4.78, 5) is 0.842. The van der Waals surface area contributed by atoms with Crippen LogP contribution in [0.3, 0.4) is 0 Å². The highest BCUT2D eigenvalue weighted by molar-refractivity contribution is 9.11. The summed E-state index contributed by atoms with van der Waals surface area (Å²) in [5.41, 5.74) is 1.77. The molecule has 0 amide bonds. The van der Waals surface area contributed by atoms with Crippen LogP contribution in [0.4, 0.5) is 0 Å². The first kappa shape index (κ1) is 15.5. The largest absolute Gasteiger partial charge is 0.506 e. The number of rotatable bonds is 3. The van der Waals surface area contributed by atoms with Crippen molar-refractivity contribution in [2.45, 2.75) is 20.4 Å². The second-order valence-corrected chi connectivity index (χ2v) is 6.68. The lowest BCUT2D eigenvalue weighted by Crippen LogP contribution is -2.14. The first-order valence-corrected chi connectivity index (χ1v) is 8.39. The maximum absolute atomic E-state index is 9.92. The van der Waals surface area contributed by atoms with E-state index in [1.807, 2.05) is 12.3 Å². The van der Waals surface area contributed by atoms with Crippen molar-refractivity contribution < 1.29 is 5.11 Å². The van der Waals surface area contributed by atoms with Gasteiger partial charge in [0.25, 0.3) is 0 Å². The fraction of sp³-hybridized carbons (Fsp3) is 0.231. The van der Waals surface area contributed by atoms with Crippen LogP contribution in [0.5, 0.6) is 5.75 Å². The van der Waals surface area contributed by atoms with E-state index in [2.05, 4.69) is 53.6 Å². The van der Waals surface area contributed by atoms with Gasteiger partial charge in [-0.1, -0.05) is 15.9 Å². The molecule has 4 nitrogen and oxygen atoms in total. The number of phenols is 1. The lowest BCUT2D eigenvalue weighted by Gasteiger charge is -2.01. The van der Waals surface area contributed by atoms with Crippen LogP contribution in [0.1, 0.15) is 18.2 Å². The first-order valence-electron chi connectivity index (χ1n) is 5.93. The average molecular weight is 419 g/mol. The maximum Gasteiger partial charge on any atom is 0.210 e. The van der Waals surface area contributed by atoms with Gasteiger partial charge in [0.05, 0.1) is 10.7 Å². The number of aromatic nitrogens is 1. The number of benzene rings is 1. The molecule has 7 heteroatoms. The van der Waals surface area contributed by atoms with Crippen molar-refractivity contribution in [1.29, 1.82) is 0 Å². The van der Waals surface area contributed by atoms with E-state index in [0.717, 1.165) is 15.8 Å². The monoisotopic (exact) mass is 417 g/mol. The van der Waals surface area contributed by atoms with Crippen LogP contribution in [0.25, 0.3) is 0 Å². The molecule has 0 unspecified atom stereocenters. The lowest BCUT2D eigenvalue weighted by atomic mass is 10.2. The summed E-state index contributed by atoms with van der Waals surface area (Å²) >= 11 is 8.21. The summed E-state index contributed by atoms with van der Waals surface area (Å²) < 4.78 is 3.56. The van der Waals surface area contributed by atoms with Gasteiger partial charge in [0.15, 0.2) is 0 Å². The summed E-state index contributed by atoms with van der Waals surface area (Å²) in [6.45, 7) is 4.97. The maximum atomic E-state index is 9.92. The van der Waals surface area contributed by atoms with Crippen LogP contribution in [0, 0.1) is 6.92 Å². The predicted octanol–water partition coefficient (Wildman–Crippen LogP) is 4.04. The van der Waals surface area contributed by atoms with Crippen LogP contribution in [0.2, 0.25) is 0 Å². The molecule has 1 aromatic heterocycles. The molecule has 1 heterocycles. The van der Waals surface area contributed by atoms with E-state index in [-0.39, 0.29) is 5.75 Å². The van der Waals surface area contributed by atoms with Crippen LogP contribution in [-0.4, -0.2) is 15.9 Å². The van der Waals surface area contributed by atoms with Gasteiger partial charge in [0.1, 0.15) is 5.75 Å². The topological polar surface area (TPSA) is 49.9 Å². The SMILES string of the molecule is CCn1c(C)cs/c1=N\N=C\c1cc(Br)cc(Br)c1O. The minimum atomic E-state index is 0.151. The molecule has 0 atom stereocenters. The number of hydrogen-bond donors (Lipinski definition) is 1. The molecule has 0 spiro atoms. The molecule has 20 heavy (non-hydrogen) atoms. The molecule has 2 aromatic rings. The Morgan fingerprint density at radius 1 is 1.40 bits per heavy atom. The Kier molecular flexibility index (Phi) is 5.17. The van der Waals surface area contributed by atoms with E-state index in [9.17, 15) is 5.11 Å².